The summed E-state index contributed by atoms with van der Waals surface area (Å²) in [6, 6.07) is 4.23. The number of anilines is 1. The number of aliphatic hydroxyl groups excluding tert-OH is 1. The van der Waals surface area contributed by atoms with Crippen molar-refractivity contribution in [2.75, 3.05) is 24.7 Å². The molecule has 37 heavy (non-hydrogen) atoms. The lowest BCUT2D eigenvalue weighted by Crippen LogP contribution is -2.59. The minimum absolute atomic E-state index is 0.0271. The number of esters is 1. The third-order valence-corrected chi connectivity index (χ3v) is 8.41. The summed E-state index contributed by atoms with van der Waals surface area (Å²) >= 11 is 0. The number of fused-ring (bicyclic) bond motifs is 1. The predicted molar refractivity (Wildman–Crippen MR) is 140 cm³/mol. The molecule has 0 saturated carbocycles. The standard InChI is InChI=1S/C29H38N2O6/c1-7-15-30(23-18(4)11-10-12-19(23)5)26(34)24-29-14-13-28(6,37-29)22(27(35)36-16-8-2)21(29)25(33)31(24)20(9-3)17-32/h7-8,10-12,20-22,24,32H,1-2,9,13-17H2,3-6H3/t20-,21-,22-,24?,28+,29?/m0/s1. The Kier molecular flexibility index (Phi) is 7.36. The molecule has 2 unspecified atom stereocenters. The van der Waals surface area contributed by atoms with Crippen LogP contribution in [0, 0.1) is 25.7 Å². The molecule has 1 spiro atoms. The molecule has 0 radical (unpaired) electrons. The van der Waals surface area contributed by atoms with E-state index in [9.17, 15) is 19.5 Å². The van der Waals surface area contributed by atoms with Gasteiger partial charge in [0.15, 0.2) is 0 Å². The lowest BCUT2D eigenvalue weighted by atomic mass is 9.66. The Labute approximate surface area is 218 Å². The largest absolute Gasteiger partial charge is 0.461 e. The van der Waals surface area contributed by atoms with E-state index in [-0.39, 0.29) is 31.6 Å². The van der Waals surface area contributed by atoms with Gasteiger partial charge >= 0.3 is 5.97 Å². The molecule has 2 amide bonds. The van der Waals surface area contributed by atoms with E-state index in [0.717, 1.165) is 16.8 Å². The van der Waals surface area contributed by atoms with Gasteiger partial charge in [-0.1, -0.05) is 43.9 Å². The van der Waals surface area contributed by atoms with Crippen molar-refractivity contribution in [3.8, 4) is 0 Å². The van der Waals surface area contributed by atoms with Gasteiger partial charge in [0.2, 0.25) is 5.91 Å². The fourth-order valence-corrected chi connectivity index (χ4v) is 6.84. The average Bonchev–Trinajstić information content (AvgIpc) is 3.43. The van der Waals surface area contributed by atoms with Crippen molar-refractivity contribution in [2.24, 2.45) is 11.8 Å². The summed E-state index contributed by atoms with van der Waals surface area (Å²) in [5, 5.41) is 10.2. The molecule has 1 aromatic carbocycles. The number of amides is 2. The van der Waals surface area contributed by atoms with Gasteiger partial charge in [-0.2, -0.15) is 0 Å². The maximum atomic E-state index is 14.6. The van der Waals surface area contributed by atoms with Crippen molar-refractivity contribution >= 4 is 23.5 Å². The minimum Gasteiger partial charge on any atom is -0.461 e. The van der Waals surface area contributed by atoms with E-state index in [0.29, 0.717) is 19.3 Å². The van der Waals surface area contributed by atoms with Crippen molar-refractivity contribution in [3.05, 3.63) is 54.6 Å². The van der Waals surface area contributed by atoms with E-state index in [1.54, 1.807) is 11.0 Å². The highest BCUT2D eigenvalue weighted by Gasteiger charge is 2.79. The Hall–Kier alpha value is -2.97. The first-order valence-electron chi connectivity index (χ1n) is 13.0. The topological polar surface area (TPSA) is 96.4 Å². The maximum Gasteiger partial charge on any atom is 0.313 e. The number of aryl methyl sites for hydroxylation is 2. The van der Waals surface area contributed by atoms with Crippen LogP contribution in [-0.4, -0.2) is 70.8 Å². The van der Waals surface area contributed by atoms with Crippen LogP contribution in [0.1, 0.15) is 44.2 Å². The molecule has 3 aliphatic heterocycles. The molecule has 0 aromatic heterocycles. The minimum atomic E-state index is -1.20. The van der Waals surface area contributed by atoms with Crippen LogP contribution in [0.25, 0.3) is 0 Å². The Bertz CT molecular complexity index is 1090. The molecule has 2 bridgehead atoms. The molecule has 200 valence electrons. The van der Waals surface area contributed by atoms with Gasteiger partial charge < -0.3 is 24.4 Å². The summed E-state index contributed by atoms with van der Waals surface area (Å²) in [5.41, 5.74) is 0.482. The van der Waals surface area contributed by atoms with Crippen molar-refractivity contribution in [1.29, 1.82) is 0 Å². The van der Waals surface area contributed by atoms with Gasteiger partial charge in [-0.3, -0.25) is 14.4 Å². The van der Waals surface area contributed by atoms with Crippen LogP contribution in [0.4, 0.5) is 5.69 Å². The van der Waals surface area contributed by atoms with E-state index in [1.165, 1.54) is 11.0 Å². The second-order valence-corrected chi connectivity index (χ2v) is 10.6. The van der Waals surface area contributed by atoms with Gasteiger partial charge in [0, 0.05) is 12.2 Å². The number of aliphatic hydroxyl groups is 1. The number of nitrogens with zero attached hydrogens (tertiary/aromatic N) is 2. The zero-order chi connectivity index (χ0) is 27.1. The maximum absolute atomic E-state index is 14.6. The number of rotatable bonds is 10. The Morgan fingerprint density at radius 1 is 1.27 bits per heavy atom. The van der Waals surface area contributed by atoms with Gasteiger partial charge in [-0.25, -0.2) is 0 Å². The molecule has 3 saturated heterocycles. The van der Waals surface area contributed by atoms with Crippen molar-refractivity contribution in [3.63, 3.8) is 0 Å². The van der Waals surface area contributed by atoms with E-state index in [2.05, 4.69) is 13.2 Å². The molecule has 4 rings (SSSR count). The molecule has 6 atom stereocenters. The summed E-state index contributed by atoms with van der Waals surface area (Å²) in [5.74, 6) is -2.89. The van der Waals surface area contributed by atoms with Gasteiger partial charge in [-0.15, -0.1) is 6.58 Å². The molecule has 3 heterocycles. The molecule has 1 aromatic rings. The summed E-state index contributed by atoms with van der Waals surface area (Å²) in [4.78, 5) is 45.1. The Morgan fingerprint density at radius 3 is 2.51 bits per heavy atom. The van der Waals surface area contributed by atoms with Crippen molar-refractivity contribution in [1.82, 2.24) is 4.90 Å². The molecule has 8 heteroatoms. The van der Waals surface area contributed by atoms with Crippen molar-refractivity contribution in [2.45, 2.75) is 70.2 Å². The second-order valence-electron chi connectivity index (χ2n) is 10.6. The van der Waals surface area contributed by atoms with Crippen molar-refractivity contribution < 1.29 is 29.0 Å². The highest BCUT2D eigenvalue weighted by molar-refractivity contribution is 6.05. The van der Waals surface area contributed by atoms with E-state index < -0.39 is 41.1 Å². The Balaban J connectivity index is 1.86. The zero-order valence-electron chi connectivity index (χ0n) is 22.2. The first-order valence-corrected chi connectivity index (χ1v) is 13.0. The quantitative estimate of drug-likeness (QED) is 0.384. The molecule has 0 aliphatic carbocycles. The third kappa shape index (κ3) is 4.01. The number of carbonyl (C=O) groups excluding carboxylic acids is 3. The smallest absolute Gasteiger partial charge is 0.313 e. The fraction of sp³-hybridized carbons (Fsp3) is 0.552. The van der Waals surface area contributed by atoms with Gasteiger partial charge in [-0.05, 0) is 51.2 Å². The number of hydrogen-bond donors (Lipinski definition) is 1. The first-order chi connectivity index (χ1) is 17.6. The number of para-hydroxylation sites is 1. The molecule has 3 fully saturated rings. The molecule has 1 N–H and O–H groups in total. The van der Waals surface area contributed by atoms with Crippen LogP contribution in [-0.2, 0) is 23.9 Å². The number of benzene rings is 1. The zero-order valence-corrected chi connectivity index (χ0v) is 22.2. The molecular formula is C29H38N2O6. The lowest BCUT2D eigenvalue weighted by Gasteiger charge is -2.39. The van der Waals surface area contributed by atoms with Gasteiger partial charge in [0.25, 0.3) is 5.91 Å². The third-order valence-electron chi connectivity index (χ3n) is 8.41. The number of hydrogen-bond acceptors (Lipinski definition) is 6. The van der Waals surface area contributed by atoms with E-state index in [1.807, 2.05) is 45.9 Å². The van der Waals surface area contributed by atoms with Crippen LogP contribution < -0.4 is 4.90 Å². The summed E-state index contributed by atoms with van der Waals surface area (Å²) in [6.45, 7) is 15.0. The van der Waals surface area contributed by atoms with E-state index in [4.69, 9.17) is 9.47 Å². The van der Waals surface area contributed by atoms with Gasteiger partial charge in [0.1, 0.15) is 24.2 Å². The van der Waals surface area contributed by atoms with Crippen LogP contribution in [0.15, 0.2) is 43.5 Å². The summed E-state index contributed by atoms with van der Waals surface area (Å²) < 4.78 is 12.1. The highest BCUT2D eigenvalue weighted by Crippen LogP contribution is 2.64. The summed E-state index contributed by atoms with van der Waals surface area (Å²) in [7, 11) is 0. The van der Waals surface area contributed by atoms with Crippen LogP contribution in [0.2, 0.25) is 0 Å². The second kappa shape index (κ2) is 10.1. The van der Waals surface area contributed by atoms with Crippen LogP contribution >= 0.6 is 0 Å². The molecule has 3 aliphatic rings. The molecular weight excluding hydrogens is 472 g/mol. The van der Waals surface area contributed by atoms with Gasteiger partial charge in [0.05, 0.1) is 24.2 Å². The SMILES string of the molecule is C=CCOC(=O)[C@@H]1[C@H]2C(=O)N([C@@H](CC)CO)C(C(=O)N(CC=C)c3c(C)cccc3C)C23CC[C@@]1(C)O3. The van der Waals surface area contributed by atoms with Crippen LogP contribution in [0.5, 0.6) is 0 Å². The number of ether oxygens (including phenoxy) is 2. The normalized spacial score (nSPS) is 30.7. The van der Waals surface area contributed by atoms with Crippen LogP contribution in [0.3, 0.4) is 0 Å². The highest BCUT2D eigenvalue weighted by atomic mass is 16.6. The molecule has 8 nitrogen and oxygen atoms in total. The average molecular weight is 511 g/mol. The number of carbonyl (C=O) groups is 3. The monoisotopic (exact) mass is 510 g/mol. The number of likely N-dealkylation sites (tertiary alicyclic amines) is 1. The van der Waals surface area contributed by atoms with E-state index >= 15 is 0 Å². The predicted octanol–water partition coefficient (Wildman–Crippen LogP) is 3.09. The fourth-order valence-electron chi connectivity index (χ4n) is 6.84. The lowest BCUT2D eigenvalue weighted by molar-refractivity contribution is -0.159. The first kappa shape index (κ1) is 27.1. The summed E-state index contributed by atoms with van der Waals surface area (Å²) in [6.07, 6.45) is 4.56. The Morgan fingerprint density at radius 2 is 1.95 bits per heavy atom.